The molecule has 39 heavy (non-hydrogen) atoms. The number of nitrogens with two attached hydrogens (primary N) is 1. The Bertz CT molecular complexity index is 1290. The fourth-order valence-corrected chi connectivity index (χ4v) is 4.19. The lowest BCUT2D eigenvalue weighted by molar-refractivity contribution is -0.163. The molecule has 2 aromatic carbocycles. The van der Waals surface area contributed by atoms with Gasteiger partial charge in [-0.05, 0) is 49.1 Å². The number of rotatable bonds is 10. The fourth-order valence-electron chi connectivity index (χ4n) is 4.19. The largest absolute Gasteiger partial charge is 0.408 e. The quantitative estimate of drug-likeness (QED) is 0.174. The third kappa shape index (κ3) is 8.21. The highest BCUT2D eigenvalue weighted by atomic mass is 16.6. The molecule has 2 heterocycles. The van der Waals surface area contributed by atoms with Gasteiger partial charge >= 0.3 is 11.9 Å². The third-order valence-electron chi connectivity index (χ3n) is 6.55. The second-order valence-electron chi connectivity index (χ2n) is 9.60. The molecule has 3 aromatic rings. The Labute approximate surface area is 229 Å². The molecule has 1 unspecified atom stereocenters. The van der Waals surface area contributed by atoms with E-state index in [2.05, 4.69) is 34.2 Å². The molecule has 1 saturated heterocycles. The Hall–Kier alpha value is -4.06. The fraction of sp³-hybridized carbons (Fsp3) is 0.355. The molecule has 0 spiro atoms. The van der Waals surface area contributed by atoms with Crippen LogP contribution in [0.5, 0.6) is 5.75 Å². The molecule has 202 valence electrons. The van der Waals surface area contributed by atoms with Crippen LogP contribution in [0.1, 0.15) is 44.6 Å². The highest BCUT2D eigenvalue weighted by molar-refractivity contribution is 5.89. The van der Waals surface area contributed by atoms with Gasteiger partial charge in [0, 0.05) is 36.5 Å². The Morgan fingerprint density at radius 1 is 1.03 bits per heavy atom. The van der Waals surface area contributed by atoms with E-state index in [4.69, 9.17) is 15.2 Å². The molecule has 1 aliphatic heterocycles. The van der Waals surface area contributed by atoms with Crippen molar-refractivity contribution in [2.24, 2.45) is 11.7 Å². The summed E-state index contributed by atoms with van der Waals surface area (Å²) in [5, 5.41) is 3.08. The lowest BCUT2D eigenvalue weighted by atomic mass is 10.0. The average molecular weight is 527 g/mol. The van der Waals surface area contributed by atoms with Crippen LogP contribution in [0.2, 0.25) is 0 Å². The Morgan fingerprint density at radius 2 is 1.74 bits per heavy atom. The number of aromatic nitrogens is 2. The van der Waals surface area contributed by atoms with Gasteiger partial charge in [0.1, 0.15) is 17.9 Å². The van der Waals surface area contributed by atoms with E-state index in [9.17, 15) is 9.59 Å². The number of nitrogens with zero attached hydrogens (tertiary/aromatic N) is 2. The van der Waals surface area contributed by atoms with Crippen molar-refractivity contribution in [1.29, 1.82) is 0 Å². The van der Waals surface area contributed by atoms with Crippen molar-refractivity contribution in [3.63, 3.8) is 0 Å². The maximum Gasteiger partial charge on any atom is 0.330 e. The first-order chi connectivity index (χ1) is 19.0. The first-order valence-corrected chi connectivity index (χ1v) is 13.4. The molecular weight excluding hydrogens is 492 g/mol. The van der Waals surface area contributed by atoms with Gasteiger partial charge in [0.15, 0.2) is 5.82 Å². The van der Waals surface area contributed by atoms with Crippen LogP contribution in [0, 0.1) is 17.9 Å². The van der Waals surface area contributed by atoms with Crippen LogP contribution in [0.25, 0.3) is 22.5 Å². The lowest BCUT2D eigenvalue weighted by Gasteiger charge is -2.13. The summed E-state index contributed by atoms with van der Waals surface area (Å²) in [4.78, 5) is 33.3. The molecule has 8 heteroatoms. The van der Waals surface area contributed by atoms with Crippen LogP contribution >= 0.6 is 0 Å². The first-order valence-electron chi connectivity index (χ1n) is 13.4. The van der Waals surface area contributed by atoms with E-state index in [-0.39, 0.29) is 12.3 Å². The maximum absolute atomic E-state index is 12.2. The van der Waals surface area contributed by atoms with Crippen LogP contribution in [-0.4, -0.2) is 41.0 Å². The second-order valence-corrected chi connectivity index (χ2v) is 9.60. The Morgan fingerprint density at radius 3 is 2.41 bits per heavy atom. The molecular formula is C31H34N4O4. The smallest absolute Gasteiger partial charge is 0.330 e. The van der Waals surface area contributed by atoms with Gasteiger partial charge in [0.05, 0.1) is 5.92 Å². The molecule has 4 rings (SSSR count). The van der Waals surface area contributed by atoms with Crippen molar-refractivity contribution in [2.45, 2.75) is 51.5 Å². The molecule has 0 bridgehead atoms. The zero-order valence-electron chi connectivity index (χ0n) is 22.2. The summed E-state index contributed by atoms with van der Waals surface area (Å²) in [7, 11) is 0. The average Bonchev–Trinajstić information content (AvgIpc) is 3.51. The van der Waals surface area contributed by atoms with Gasteiger partial charge in [-0.1, -0.05) is 62.1 Å². The molecule has 3 N–H and O–H groups in total. The lowest BCUT2D eigenvalue weighted by Crippen LogP contribution is -2.37. The van der Waals surface area contributed by atoms with E-state index in [1.54, 1.807) is 12.4 Å². The van der Waals surface area contributed by atoms with Crippen molar-refractivity contribution in [2.75, 3.05) is 13.1 Å². The first kappa shape index (κ1) is 28.0. The van der Waals surface area contributed by atoms with E-state index in [0.29, 0.717) is 24.5 Å². The molecule has 8 nitrogen and oxygen atoms in total. The minimum absolute atomic E-state index is 0.263. The van der Waals surface area contributed by atoms with Crippen molar-refractivity contribution in [3.8, 4) is 40.3 Å². The van der Waals surface area contributed by atoms with Gasteiger partial charge in [0.25, 0.3) is 0 Å². The topological polar surface area (TPSA) is 116 Å². The molecule has 1 fully saturated rings. The summed E-state index contributed by atoms with van der Waals surface area (Å²) in [6.07, 6.45) is 11.6. The number of carbonyl (C=O) groups is 2. The Kier molecular flexibility index (Phi) is 10.2. The van der Waals surface area contributed by atoms with E-state index in [0.717, 1.165) is 41.6 Å². The van der Waals surface area contributed by atoms with Crippen molar-refractivity contribution >= 4 is 11.9 Å². The molecule has 1 aromatic heterocycles. The van der Waals surface area contributed by atoms with Gasteiger partial charge in [-0.25, -0.2) is 14.8 Å². The van der Waals surface area contributed by atoms with Gasteiger partial charge in [-0.15, -0.1) is 0 Å². The maximum atomic E-state index is 12.2. The predicted molar refractivity (Wildman–Crippen MR) is 149 cm³/mol. The van der Waals surface area contributed by atoms with E-state index >= 15 is 0 Å². The third-order valence-corrected chi connectivity index (χ3v) is 6.55. The van der Waals surface area contributed by atoms with Gasteiger partial charge < -0.3 is 20.5 Å². The highest BCUT2D eigenvalue weighted by Crippen LogP contribution is 2.23. The number of benzene rings is 2. The summed E-state index contributed by atoms with van der Waals surface area (Å²) in [5.41, 5.74) is 9.55. The predicted octanol–water partition coefficient (Wildman–Crippen LogP) is 4.28. The summed E-state index contributed by atoms with van der Waals surface area (Å²) < 4.78 is 10.5. The Balaban J connectivity index is 1.29. The van der Waals surface area contributed by atoms with Gasteiger partial charge in [0.2, 0.25) is 0 Å². The van der Waals surface area contributed by atoms with Crippen molar-refractivity contribution in [1.82, 2.24) is 15.3 Å². The molecule has 0 radical (unpaired) electrons. The van der Waals surface area contributed by atoms with Crippen molar-refractivity contribution < 1.29 is 19.1 Å². The molecule has 0 saturated carbocycles. The van der Waals surface area contributed by atoms with E-state index in [1.807, 2.05) is 48.5 Å². The summed E-state index contributed by atoms with van der Waals surface area (Å²) in [6, 6.07) is 14.2. The monoisotopic (exact) mass is 526 g/mol. The summed E-state index contributed by atoms with van der Waals surface area (Å²) >= 11 is 0. The molecule has 2 atom stereocenters. The van der Waals surface area contributed by atoms with Gasteiger partial charge in [-0.3, -0.25) is 4.79 Å². The zero-order valence-corrected chi connectivity index (χ0v) is 22.2. The number of unbranched alkanes of at least 4 members (excludes halogenated alkanes) is 3. The number of nitrogens with one attached hydrogen (secondary N) is 1. The zero-order chi connectivity index (χ0) is 27.5. The normalized spacial score (nSPS) is 15.2. The second kappa shape index (κ2) is 14.2. The highest BCUT2D eigenvalue weighted by Gasteiger charge is 2.28. The SMILES string of the molecule is CCCCCC#COc1ccc(-c2cnc(-c3ccc(C[C@H](N)C(=O)OC(=O)C4CCNC4)cc3)nc2)cc1. The van der Waals surface area contributed by atoms with Crippen LogP contribution in [-0.2, 0) is 20.7 Å². The van der Waals surface area contributed by atoms with Crippen LogP contribution in [0.4, 0.5) is 0 Å². The van der Waals surface area contributed by atoms with Crippen LogP contribution in [0.15, 0.2) is 60.9 Å². The number of hydrogen-bond acceptors (Lipinski definition) is 8. The summed E-state index contributed by atoms with van der Waals surface area (Å²) in [5.74, 6) is 2.82. The summed E-state index contributed by atoms with van der Waals surface area (Å²) in [6.45, 7) is 3.45. The number of esters is 2. The number of ether oxygens (including phenoxy) is 2. The van der Waals surface area contributed by atoms with Crippen LogP contribution < -0.4 is 15.8 Å². The van der Waals surface area contributed by atoms with E-state index in [1.165, 1.54) is 12.8 Å². The van der Waals surface area contributed by atoms with Crippen LogP contribution in [0.3, 0.4) is 0 Å². The van der Waals surface area contributed by atoms with Crippen molar-refractivity contribution in [3.05, 3.63) is 66.5 Å². The standard InChI is InChI=1S/C31H34N4O4/c1-2-3-4-5-6-17-38-27-13-11-23(12-14-27)26-20-34-29(35-21-26)24-9-7-22(8-10-24)18-28(32)31(37)39-30(36)25-15-16-33-19-25/h7-14,20-21,25,28,33H,2-5,15-16,18-19,32H2,1H3/t25?,28-/m0/s1. The number of hydrogen-bond donors (Lipinski definition) is 2. The number of carbonyl (C=O) groups excluding carboxylic acids is 2. The molecule has 0 amide bonds. The molecule has 0 aliphatic carbocycles. The minimum atomic E-state index is -0.917. The van der Waals surface area contributed by atoms with E-state index < -0.39 is 18.0 Å². The van der Waals surface area contributed by atoms with Gasteiger partial charge in [-0.2, -0.15) is 0 Å². The minimum Gasteiger partial charge on any atom is -0.408 e. The molecule has 1 aliphatic rings.